The first-order chi connectivity index (χ1) is 8.74. The van der Waals surface area contributed by atoms with Crippen molar-refractivity contribution < 1.29 is 14.7 Å². The zero-order valence-electron chi connectivity index (χ0n) is 10.6. The van der Waals surface area contributed by atoms with Gasteiger partial charge in [0.2, 0.25) is 0 Å². The normalized spacial score (nSPS) is 25.1. The van der Waals surface area contributed by atoms with Gasteiger partial charge >= 0.3 is 11.8 Å². The molecule has 102 valence electrons. The molecule has 2 aliphatic heterocycles. The van der Waals surface area contributed by atoms with Crippen molar-refractivity contribution in [1.82, 2.24) is 15.1 Å². The van der Waals surface area contributed by atoms with Gasteiger partial charge in [-0.2, -0.15) is 0 Å². The molecule has 6 nitrogen and oxygen atoms in total. The Morgan fingerprint density at radius 3 is 2.72 bits per heavy atom. The van der Waals surface area contributed by atoms with Gasteiger partial charge in [-0.15, -0.1) is 0 Å². The van der Waals surface area contributed by atoms with Gasteiger partial charge in [0.15, 0.2) is 0 Å². The standard InChI is InChI=1S/C12H21N3O3/c16-9-10-3-1-7-15(10)12(18)11(17)14-6-2-4-13-5-8-14/h10,13,16H,1-9H2. The average Bonchev–Trinajstić information content (AvgIpc) is 2.70. The summed E-state index contributed by atoms with van der Waals surface area (Å²) in [5.74, 6) is -0.868. The fourth-order valence-corrected chi connectivity index (χ4v) is 2.60. The highest BCUT2D eigenvalue weighted by Crippen LogP contribution is 2.17. The maximum Gasteiger partial charge on any atom is 0.312 e. The Labute approximate surface area is 107 Å². The molecule has 0 aromatic carbocycles. The van der Waals surface area contributed by atoms with E-state index in [0.29, 0.717) is 19.6 Å². The molecule has 2 N–H and O–H groups in total. The third-order valence-electron chi connectivity index (χ3n) is 3.66. The Hall–Kier alpha value is -1.14. The van der Waals surface area contributed by atoms with Crippen LogP contribution in [0.25, 0.3) is 0 Å². The van der Waals surface area contributed by atoms with Crippen LogP contribution < -0.4 is 5.32 Å². The van der Waals surface area contributed by atoms with Crippen LogP contribution in [0.1, 0.15) is 19.3 Å². The van der Waals surface area contributed by atoms with E-state index in [4.69, 9.17) is 0 Å². The zero-order chi connectivity index (χ0) is 13.0. The maximum atomic E-state index is 12.1. The van der Waals surface area contributed by atoms with E-state index in [1.54, 1.807) is 4.90 Å². The van der Waals surface area contributed by atoms with E-state index in [2.05, 4.69) is 5.32 Å². The van der Waals surface area contributed by atoms with Crippen LogP contribution in [-0.2, 0) is 9.59 Å². The van der Waals surface area contributed by atoms with E-state index in [-0.39, 0.29) is 12.6 Å². The van der Waals surface area contributed by atoms with Crippen LogP contribution in [0, 0.1) is 0 Å². The van der Waals surface area contributed by atoms with Crippen LogP contribution in [-0.4, -0.2) is 72.1 Å². The van der Waals surface area contributed by atoms with E-state index in [1.807, 2.05) is 0 Å². The molecular weight excluding hydrogens is 234 g/mol. The minimum Gasteiger partial charge on any atom is -0.394 e. The third-order valence-corrected chi connectivity index (χ3v) is 3.66. The van der Waals surface area contributed by atoms with Gasteiger partial charge in [-0.05, 0) is 25.8 Å². The van der Waals surface area contributed by atoms with Gasteiger partial charge in [-0.3, -0.25) is 9.59 Å². The first-order valence-corrected chi connectivity index (χ1v) is 6.65. The van der Waals surface area contributed by atoms with Crippen molar-refractivity contribution in [2.75, 3.05) is 39.3 Å². The number of aliphatic hydroxyl groups excluding tert-OH is 1. The number of aliphatic hydroxyl groups is 1. The molecule has 0 radical (unpaired) electrons. The summed E-state index contributed by atoms with van der Waals surface area (Å²) < 4.78 is 0. The minimum atomic E-state index is -0.451. The summed E-state index contributed by atoms with van der Waals surface area (Å²) in [6, 6.07) is -0.174. The minimum absolute atomic E-state index is 0.0550. The highest BCUT2D eigenvalue weighted by Gasteiger charge is 2.34. The summed E-state index contributed by atoms with van der Waals surface area (Å²) in [6.45, 7) is 3.38. The fraction of sp³-hybridized carbons (Fsp3) is 0.833. The van der Waals surface area contributed by atoms with Crippen molar-refractivity contribution in [3.8, 4) is 0 Å². The molecule has 1 atom stereocenters. The number of amides is 2. The Bertz CT molecular complexity index is 314. The number of hydrogen-bond acceptors (Lipinski definition) is 4. The molecule has 2 aliphatic rings. The molecule has 0 spiro atoms. The molecule has 2 fully saturated rings. The Kier molecular flexibility index (Phi) is 4.54. The van der Waals surface area contributed by atoms with Crippen LogP contribution in [0.2, 0.25) is 0 Å². The number of likely N-dealkylation sites (tertiary alicyclic amines) is 1. The summed E-state index contributed by atoms with van der Waals surface area (Å²) in [5.41, 5.74) is 0. The van der Waals surface area contributed by atoms with Crippen molar-refractivity contribution in [3.05, 3.63) is 0 Å². The van der Waals surface area contributed by atoms with E-state index < -0.39 is 11.8 Å². The molecule has 2 amide bonds. The molecule has 1 unspecified atom stereocenters. The van der Waals surface area contributed by atoms with Gasteiger partial charge in [0.05, 0.1) is 12.6 Å². The van der Waals surface area contributed by atoms with Crippen LogP contribution in [0.15, 0.2) is 0 Å². The number of nitrogens with one attached hydrogen (secondary N) is 1. The lowest BCUT2D eigenvalue weighted by molar-refractivity contribution is -0.152. The number of hydrogen-bond donors (Lipinski definition) is 2. The second kappa shape index (κ2) is 6.15. The van der Waals surface area contributed by atoms with Crippen LogP contribution in [0.4, 0.5) is 0 Å². The molecule has 2 rings (SSSR count). The zero-order valence-corrected chi connectivity index (χ0v) is 10.6. The largest absolute Gasteiger partial charge is 0.394 e. The van der Waals surface area contributed by atoms with Gasteiger partial charge in [-0.25, -0.2) is 0 Å². The summed E-state index contributed by atoms with van der Waals surface area (Å²) in [6.07, 6.45) is 2.53. The quantitative estimate of drug-likeness (QED) is 0.577. The number of carbonyl (C=O) groups excluding carboxylic acids is 2. The topological polar surface area (TPSA) is 72.9 Å². The van der Waals surface area contributed by atoms with Crippen LogP contribution in [0.3, 0.4) is 0 Å². The van der Waals surface area contributed by atoms with E-state index in [9.17, 15) is 14.7 Å². The van der Waals surface area contributed by atoms with Crippen LogP contribution >= 0.6 is 0 Å². The van der Waals surface area contributed by atoms with Gasteiger partial charge in [-0.1, -0.05) is 0 Å². The number of rotatable bonds is 1. The van der Waals surface area contributed by atoms with E-state index >= 15 is 0 Å². The first kappa shape index (κ1) is 13.3. The Morgan fingerprint density at radius 1 is 1.11 bits per heavy atom. The summed E-state index contributed by atoms with van der Waals surface area (Å²) in [5, 5.41) is 12.4. The second-order valence-electron chi connectivity index (χ2n) is 4.87. The predicted octanol–water partition coefficient (Wildman–Crippen LogP) is -1.21. The van der Waals surface area contributed by atoms with Crippen molar-refractivity contribution in [2.24, 2.45) is 0 Å². The second-order valence-corrected chi connectivity index (χ2v) is 4.87. The van der Waals surface area contributed by atoms with Gasteiger partial charge in [0, 0.05) is 26.2 Å². The van der Waals surface area contributed by atoms with Gasteiger partial charge in [0.1, 0.15) is 0 Å². The molecule has 0 bridgehead atoms. The van der Waals surface area contributed by atoms with Crippen LogP contribution in [0.5, 0.6) is 0 Å². The predicted molar refractivity (Wildman–Crippen MR) is 65.9 cm³/mol. The van der Waals surface area contributed by atoms with Gasteiger partial charge < -0.3 is 20.2 Å². The maximum absolute atomic E-state index is 12.1. The lowest BCUT2D eigenvalue weighted by Crippen LogP contribution is -2.48. The summed E-state index contributed by atoms with van der Waals surface area (Å²) in [4.78, 5) is 27.4. The molecular formula is C12H21N3O3. The molecule has 0 aliphatic carbocycles. The average molecular weight is 255 g/mol. The number of carbonyl (C=O) groups is 2. The Balaban J connectivity index is 1.96. The van der Waals surface area contributed by atoms with E-state index in [0.717, 1.165) is 32.4 Å². The van der Waals surface area contributed by atoms with Crippen molar-refractivity contribution in [3.63, 3.8) is 0 Å². The SMILES string of the molecule is O=C(C(=O)N1CCCC1CO)N1CCCNCC1. The molecule has 0 aromatic heterocycles. The highest BCUT2D eigenvalue weighted by molar-refractivity contribution is 6.35. The fourth-order valence-electron chi connectivity index (χ4n) is 2.60. The van der Waals surface area contributed by atoms with Gasteiger partial charge in [0.25, 0.3) is 0 Å². The summed E-state index contributed by atoms with van der Waals surface area (Å²) in [7, 11) is 0. The number of nitrogens with zero attached hydrogens (tertiary/aromatic N) is 2. The Morgan fingerprint density at radius 2 is 1.94 bits per heavy atom. The monoisotopic (exact) mass is 255 g/mol. The van der Waals surface area contributed by atoms with Crippen molar-refractivity contribution in [2.45, 2.75) is 25.3 Å². The lowest BCUT2D eigenvalue weighted by atomic mass is 10.2. The lowest BCUT2D eigenvalue weighted by Gasteiger charge is -2.26. The molecule has 6 heteroatoms. The molecule has 2 heterocycles. The molecule has 2 saturated heterocycles. The van der Waals surface area contributed by atoms with Crippen molar-refractivity contribution in [1.29, 1.82) is 0 Å². The smallest absolute Gasteiger partial charge is 0.312 e. The van der Waals surface area contributed by atoms with Crippen molar-refractivity contribution >= 4 is 11.8 Å². The molecule has 0 aromatic rings. The third kappa shape index (κ3) is 2.81. The van der Waals surface area contributed by atoms with E-state index in [1.165, 1.54) is 4.90 Å². The molecule has 0 saturated carbocycles. The first-order valence-electron chi connectivity index (χ1n) is 6.65. The highest BCUT2D eigenvalue weighted by atomic mass is 16.3. The molecule has 18 heavy (non-hydrogen) atoms. The summed E-state index contributed by atoms with van der Waals surface area (Å²) >= 11 is 0.